The second-order valence-electron chi connectivity index (χ2n) is 8.56. The molecule has 3 aromatic rings. The zero-order chi connectivity index (χ0) is 23.3. The van der Waals surface area contributed by atoms with Gasteiger partial charge in [-0.1, -0.05) is 54.1 Å². The van der Waals surface area contributed by atoms with Crippen molar-refractivity contribution in [3.8, 4) is 0 Å². The maximum atomic E-state index is 11.6. The fraction of sp³-hybridized carbons (Fsp3) is 0.250. The summed E-state index contributed by atoms with van der Waals surface area (Å²) in [4.78, 5) is 15.8. The van der Waals surface area contributed by atoms with E-state index in [0.29, 0.717) is 10.6 Å². The second kappa shape index (κ2) is 10.5. The van der Waals surface area contributed by atoms with Gasteiger partial charge in [0.05, 0.1) is 0 Å². The van der Waals surface area contributed by atoms with Crippen molar-refractivity contribution in [2.24, 2.45) is 0 Å². The van der Waals surface area contributed by atoms with Crippen LogP contribution in [0.2, 0.25) is 5.02 Å². The Bertz CT molecular complexity index is 1000. The highest BCUT2D eigenvalue weighted by Gasteiger charge is 2.25. The number of nitrogens with zero attached hydrogens (tertiary/aromatic N) is 2. The molecule has 32 heavy (non-hydrogen) atoms. The minimum atomic E-state index is -0.0205. The summed E-state index contributed by atoms with van der Waals surface area (Å²) in [6.07, 6.45) is 2.99. The number of benzene rings is 3. The van der Waals surface area contributed by atoms with Crippen LogP contribution in [0.5, 0.6) is 0 Å². The first-order valence-electron chi connectivity index (χ1n) is 10.7. The summed E-state index contributed by atoms with van der Waals surface area (Å²) in [5.74, 6) is 0.0198. The number of hydrogen-bond donors (Lipinski definition) is 0. The van der Waals surface area contributed by atoms with Gasteiger partial charge in [-0.15, -0.1) is 0 Å². The lowest BCUT2D eigenvalue weighted by atomic mass is 9.76. The fourth-order valence-corrected chi connectivity index (χ4v) is 4.09. The first kappa shape index (κ1) is 23.6. The van der Waals surface area contributed by atoms with Gasteiger partial charge in [0.1, 0.15) is 6.29 Å². The quantitative estimate of drug-likeness (QED) is 0.290. The van der Waals surface area contributed by atoms with Gasteiger partial charge in [0.25, 0.3) is 0 Å². The SMILES string of the molecule is C/C(C=O)=C\[C@H](c1ccc(Cl)cc1)C(c1ccc(N(C)C)cc1)c1ccc(N(C)C)cc1. The van der Waals surface area contributed by atoms with Gasteiger partial charge < -0.3 is 9.80 Å². The topological polar surface area (TPSA) is 23.6 Å². The van der Waals surface area contributed by atoms with Crippen LogP contribution in [0.25, 0.3) is 0 Å². The molecule has 0 aliphatic carbocycles. The fourth-order valence-electron chi connectivity index (χ4n) is 3.96. The normalized spacial score (nSPS) is 12.5. The van der Waals surface area contributed by atoms with E-state index in [4.69, 9.17) is 11.6 Å². The van der Waals surface area contributed by atoms with Gasteiger partial charge in [-0.3, -0.25) is 4.79 Å². The van der Waals surface area contributed by atoms with Gasteiger partial charge >= 0.3 is 0 Å². The molecule has 0 aromatic heterocycles. The first-order valence-corrected chi connectivity index (χ1v) is 11.1. The molecular weight excluding hydrogens is 416 g/mol. The van der Waals surface area contributed by atoms with E-state index in [2.05, 4.69) is 76.5 Å². The third-order valence-electron chi connectivity index (χ3n) is 5.78. The van der Waals surface area contributed by atoms with Gasteiger partial charge in [0.2, 0.25) is 0 Å². The van der Waals surface area contributed by atoms with Crippen molar-refractivity contribution in [3.05, 3.63) is 106 Å². The summed E-state index contributed by atoms with van der Waals surface area (Å²) in [6.45, 7) is 1.86. The molecule has 166 valence electrons. The smallest absolute Gasteiger partial charge is 0.145 e. The highest BCUT2D eigenvalue weighted by atomic mass is 35.5. The molecule has 0 amide bonds. The third kappa shape index (κ3) is 5.60. The van der Waals surface area contributed by atoms with Crippen LogP contribution in [0, 0.1) is 0 Å². The number of carbonyl (C=O) groups excluding carboxylic acids is 1. The lowest BCUT2D eigenvalue weighted by molar-refractivity contribution is -0.104. The Balaban J connectivity index is 2.19. The van der Waals surface area contributed by atoms with Crippen molar-refractivity contribution >= 4 is 29.3 Å². The number of carbonyl (C=O) groups is 1. The number of aldehydes is 1. The molecule has 0 heterocycles. The molecule has 1 atom stereocenters. The van der Waals surface area contributed by atoms with E-state index in [0.717, 1.165) is 23.2 Å². The monoisotopic (exact) mass is 446 g/mol. The van der Waals surface area contributed by atoms with Crippen molar-refractivity contribution < 1.29 is 4.79 Å². The molecule has 4 heteroatoms. The summed E-state index contributed by atoms with van der Waals surface area (Å²) >= 11 is 6.18. The van der Waals surface area contributed by atoms with E-state index in [1.54, 1.807) is 0 Å². The molecule has 0 saturated heterocycles. The van der Waals surface area contributed by atoms with Crippen LogP contribution in [0.3, 0.4) is 0 Å². The Morgan fingerprint density at radius 3 is 1.50 bits per heavy atom. The maximum Gasteiger partial charge on any atom is 0.145 e. The molecule has 0 fully saturated rings. The maximum absolute atomic E-state index is 11.6. The van der Waals surface area contributed by atoms with Crippen LogP contribution < -0.4 is 9.80 Å². The molecule has 0 radical (unpaired) electrons. The molecule has 0 bridgehead atoms. The highest BCUT2D eigenvalue weighted by molar-refractivity contribution is 6.30. The number of hydrogen-bond acceptors (Lipinski definition) is 3. The summed E-state index contributed by atoms with van der Waals surface area (Å²) in [5, 5.41) is 0.700. The molecule has 3 rings (SSSR count). The summed E-state index contributed by atoms with van der Waals surface area (Å²) in [7, 11) is 8.16. The van der Waals surface area contributed by atoms with Gasteiger partial charge in [-0.05, 0) is 65.6 Å². The van der Waals surface area contributed by atoms with Crippen LogP contribution in [0.15, 0.2) is 84.4 Å². The van der Waals surface area contributed by atoms with Crippen LogP contribution in [0.4, 0.5) is 11.4 Å². The lowest BCUT2D eigenvalue weighted by Crippen LogP contribution is -2.14. The zero-order valence-corrected chi connectivity index (χ0v) is 20.2. The number of anilines is 2. The Morgan fingerprint density at radius 1 is 0.719 bits per heavy atom. The minimum absolute atomic E-state index is 0.0205. The van der Waals surface area contributed by atoms with Gasteiger partial charge in [0, 0.05) is 56.4 Å². The van der Waals surface area contributed by atoms with E-state index in [9.17, 15) is 4.79 Å². The lowest BCUT2D eigenvalue weighted by Gasteiger charge is -2.28. The number of rotatable bonds is 8. The van der Waals surface area contributed by atoms with Crippen molar-refractivity contribution in [1.29, 1.82) is 0 Å². The molecule has 0 aliphatic rings. The molecule has 3 aromatic carbocycles. The molecule has 0 aliphatic heterocycles. The molecule has 0 spiro atoms. The Hall–Kier alpha value is -3.04. The molecular formula is C28H31ClN2O. The van der Waals surface area contributed by atoms with Crippen molar-refractivity contribution in [2.45, 2.75) is 18.8 Å². The largest absolute Gasteiger partial charge is 0.378 e. The average molecular weight is 447 g/mol. The van der Waals surface area contributed by atoms with Gasteiger partial charge in [-0.2, -0.15) is 0 Å². The highest BCUT2D eigenvalue weighted by Crippen LogP contribution is 2.41. The van der Waals surface area contributed by atoms with E-state index < -0.39 is 0 Å². The predicted molar refractivity (Wildman–Crippen MR) is 137 cm³/mol. The Labute approximate surface area is 196 Å². The average Bonchev–Trinajstić information content (AvgIpc) is 2.79. The minimum Gasteiger partial charge on any atom is -0.378 e. The van der Waals surface area contributed by atoms with E-state index >= 15 is 0 Å². The standard InChI is InChI=1S/C28H31ClN2O/c1-20(19-32)18-27(21-6-12-24(29)13-7-21)28(22-8-14-25(15-9-22)30(2)3)23-10-16-26(17-11-23)31(4)5/h6-19,27-28H,1-5H3/b20-18+/t27-/m1/s1. The molecule has 0 saturated carbocycles. The molecule has 0 unspecified atom stereocenters. The van der Waals surface area contributed by atoms with Crippen molar-refractivity contribution in [2.75, 3.05) is 38.0 Å². The van der Waals surface area contributed by atoms with E-state index in [-0.39, 0.29) is 11.8 Å². The summed E-state index contributed by atoms with van der Waals surface area (Å²) < 4.78 is 0. The van der Waals surface area contributed by atoms with Gasteiger partial charge in [0.15, 0.2) is 0 Å². The van der Waals surface area contributed by atoms with Crippen LogP contribution in [0.1, 0.15) is 35.4 Å². The van der Waals surface area contributed by atoms with Crippen LogP contribution in [-0.2, 0) is 4.79 Å². The molecule has 0 N–H and O–H groups in total. The zero-order valence-electron chi connectivity index (χ0n) is 19.4. The van der Waals surface area contributed by atoms with E-state index in [1.807, 2.05) is 47.2 Å². The second-order valence-corrected chi connectivity index (χ2v) is 8.99. The van der Waals surface area contributed by atoms with Crippen LogP contribution >= 0.6 is 11.6 Å². The Morgan fingerprint density at radius 2 is 1.12 bits per heavy atom. The van der Waals surface area contributed by atoms with Gasteiger partial charge in [-0.25, -0.2) is 0 Å². The third-order valence-corrected chi connectivity index (χ3v) is 6.03. The Kier molecular flexibility index (Phi) is 7.76. The summed E-state index contributed by atoms with van der Waals surface area (Å²) in [6, 6.07) is 25.3. The predicted octanol–water partition coefficient (Wildman–Crippen LogP) is 6.53. The summed E-state index contributed by atoms with van der Waals surface area (Å²) in [5.41, 5.74) is 6.53. The molecule has 3 nitrogen and oxygen atoms in total. The van der Waals surface area contributed by atoms with E-state index in [1.165, 1.54) is 11.1 Å². The van der Waals surface area contributed by atoms with Crippen molar-refractivity contribution in [3.63, 3.8) is 0 Å². The first-order chi connectivity index (χ1) is 15.3. The number of halogens is 1. The van der Waals surface area contributed by atoms with Crippen molar-refractivity contribution in [1.82, 2.24) is 0 Å². The number of allylic oxidation sites excluding steroid dienone is 2. The van der Waals surface area contributed by atoms with Crippen LogP contribution in [-0.4, -0.2) is 34.5 Å².